The van der Waals surface area contributed by atoms with Gasteiger partial charge in [0.2, 0.25) is 0 Å². The van der Waals surface area contributed by atoms with Gasteiger partial charge < -0.3 is 10.1 Å². The van der Waals surface area contributed by atoms with E-state index in [1.54, 1.807) is 0 Å². The molecular weight excluding hydrogens is 286 g/mol. The Morgan fingerprint density at radius 3 is 2.70 bits per heavy atom. The highest BCUT2D eigenvalue weighted by atomic mass is 16.5. The second-order valence-corrected chi connectivity index (χ2v) is 5.97. The Bertz CT molecular complexity index is 667. The first-order chi connectivity index (χ1) is 11.3. The van der Waals surface area contributed by atoms with E-state index in [0.717, 1.165) is 42.7 Å². The Labute approximate surface area is 137 Å². The van der Waals surface area contributed by atoms with Gasteiger partial charge in [0.15, 0.2) is 5.78 Å². The summed E-state index contributed by atoms with van der Waals surface area (Å²) in [5, 5.41) is 3.19. The smallest absolute Gasteiger partial charge is 0.163 e. The Morgan fingerprint density at radius 2 is 1.91 bits per heavy atom. The Kier molecular flexibility index (Phi) is 5.09. The zero-order valence-corrected chi connectivity index (χ0v) is 13.5. The third-order valence-corrected chi connectivity index (χ3v) is 4.36. The summed E-state index contributed by atoms with van der Waals surface area (Å²) in [5.41, 5.74) is 3.09. The average Bonchev–Trinajstić information content (AvgIpc) is 2.60. The molecule has 2 aromatic rings. The standard InChI is InChI=1S/C20H23NO2/c1-21-14-13-19(15-7-3-2-4-8-15)23-20-12-6-9-16-17(20)10-5-11-18(16)22/h2-4,6-9,12,19,21H,5,10-11,13-14H2,1H3. The van der Waals surface area contributed by atoms with E-state index in [1.165, 1.54) is 5.56 Å². The molecule has 0 amide bonds. The number of carbonyl (C=O) groups excluding carboxylic acids is 1. The van der Waals surface area contributed by atoms with Crippen LogP contribution in [-0.4, -0.2) is 19.4 Å². The van der Waals surface area contributed by atoms with Crippen LogP contribution in [0, 0.1) is 0 Å². The molecule has 0 fully saturated rings. The average molecular weight is 309 g/mol. The molecule has 1 aliphatic carbocycles. The first-order valence-electron chi connectivity index (χ1n) is 8.31. The van der Waals surface area contributed by atoms with E-state index < -0.39 is 0 Å². The van der Waals surface area contributed by atoms with Crippen LogP contribution in [0.2, 0.25) is 0 Å². The number of rotatable bonds is 6. The summed E-state index contributed by atoms with van der Waals surface area (Å²) in [6.07, 6.45) is 3.37. The van der Waals surface area contributed by atoms with Crippen molar-refractivity contribution < 1.29 is 9.53 Å². The van der Waals surface area contributed by atoms with Crippen molar-refractivity contribution in [3.8, 4) is 5.75 Å². The molecule has 3 heteroatoms. The van der Waals surface area contributed by atoms with Crippen LogP contribution in [0.1, 0.15) is 46.9 Å². The monoisotopic (exact) mass is 309 g/mol. The van der Waals surface area contributed by atoms with Crippen LogP contribution in [-0.2, 0) is 6.42 Å². The summed E-state index contributed by atoms with van der Waals surface area (Å²) >= 11 is 0. The molecule has 0 saturated carbocycles. The highest BCUT2D eigenvalue weighted by Gasteiger charge is 2.22. The zero-order valence-electron chi connectivity index (χ0n) is 13.5. The fraction of sp³-hybridized carbons (Fsp3) is 0.350. The minimum Gasteiger partial charge on any atom is -0.485 e. The lowest BCUT2D eigenvalue weighted by Gasteiger charge is -2.24. The third kappa shape index (κ3) is 3.62. The number of ketones is 1. The molecular formula is C20H23NO2. The summed E-state index contributed by atoms with van der Waals surface area (Å²) < 4.78 is 6.36. The Balaban J connectivity index is 1.88. The maximum Gasteiger partial charge on any atom is 0.163 e. The fourth-order valence-electron chi connectivity index (χ4n) is 3.15. The molecule has 23 heavy (non-hydrogen) atoms. The quantitative estimate of drug-likeness (QED) is 0.878. The van der Waals surface area contributed by atoms with Crippen molar-refractivity contribution in [3.05, 3.63) is 65.2 Å². The highest BCUT2D eigenvalue weighted by molar-refractivity contribution is 5.99. The minimum absolute atomic E-state index is 0.00724. The Morgan fingerprint density at radius 1 is 1.09 bits per heavy atom. The van der Waals surface area contributed by atoms with Crippen molar-refractivity contribution in [2.75, 3.05) is 13.6 Å². The van der Waals surface area contributed by atoms with Gasteiger partial charge in [-0.15, -0.1) is 0 Å². The molecule has 0 saturated heterocycles. The van der Waals surface area contributed by atoms with Crippen LogP contribution in [0.5, 0.6) is 5.75 Å². The molecule has 120 valence electrons. The lowest BCUT2D eigenvalue weighted by molar-refractivity contribution is 0.0970. The summed E-state index contributed by atoms with van der Waals surface area (Å²) in [5.74, 6) is 1.10. The predicted molar refractivity (Wildman–Crippen MR) is 92.1 cm³/mol. The molecule has 3 rings (SSSR count). The van der Waals surface area contributed by atoms with Crippen molar-refractivity contribution in [2.24, 2.45) is 0 Å². The molecule has 1 unspecified atom stereocenters. The van der Waals surface area contributed by atoms with Gasteiger partial charge in [0.05, 0.1) is 0 Å². The largest absolute Gasteiger partial charge is 0.485 e. The van der Waals surface area contributed by atoms with E-state index in [1.807, 2.05) is 43.4 Å². The first kappa shape index (κ1) is 15.8. The van der Waals surface area contributed by atoms with Crippen LogP contribution >= 0.6 is 0 Å². The maximum absolute atomic E-state index is 12.1. The van der Waals surface area contributed by atoms with Crippen molar-refractivity contribution >= 4 is 5.78 Å². The van der Waals surface area contributed by atoms with E-state index in [4.69, 9.17) is 4.74 Å². The second-order valence-electron chi connectivity index (χ2n) is 5.97. The molecule has 1 atom stereocenters. The van der Waals surface area contributed by atoms with Crippen molar-refractivity contribution in [1.29, 1.82) is 0 Å². The van der Waals surface area contributed by atoms with Crippen LogP contribution < -0.4 is 10.1 Å². The van der Waals surface area contributed by atoms with Crippen molar-refractivity contribution in [2.45, 2.75) is 31.8 Å². The topological polar surface area (TPSA) is 38.3 Å². The molecule has 1 aliphatic rings. The van der Waals surface area contributed by atoms with Gasteiger partial charge in [-0.3, -0.25) is 4.79 Å². The highest BCUT2D eigenvalue weighted by Crippen LogP contribution is 2.33. The zero-order chi connectivity index (χ0) is 16.1. The summed E-state index contributed by atoms with van der Waals surface area (Å²) in [6, 6.07) is 16.1. The number of Topliss-reactive ketones (excluding diaryl/α,β-unsaturated/α-hetero) is 1. The molecule has 0 radical (unpaired) electrons. The molecule has 3 nitrogen and oxygen atoms in total. The van der Waals surface area contributed by atoms with Crippen LogP contribution in [0.3, 0.4) is 0 Å². The lowest BCUT2D eigenvalue weighted by Crippen LogP contribution is -2.18. The van der Waals surface area contributed by atoms with Gasteiger partial charge in [-0.2, -0.15) is 0 Å². The summed E-state index contributed by atoms with van der Waals surface area (Å²) in [4.78, 5) is 12.1. The maximum atomic E-state index is 12.1. The van der Waals surface area contributed by atoms with E-state index >= 15 is 0 Å². The summed E-state index contributed by atoms with van der Waals surface area (Å²) in [7, 11) is 1.95. The van der Waals surface area contributed by atoms with Crippen LogP contribution in [0.25, 0.3) is 0 Å². The van der Waals surface area contributed by atoms with Gasteiger partial charge in [0.1, 0.15) is 11.9 Å². The molecule has 2 aromatic carbocycles. The second kappa shape index (κ2) is 7.42. The van der Waals surface area contributed by atoms with E-state index in [-0.39, 0.29) is 11.9 Å². The van der Waals surface area contributed by atoms with E-state index in [0.29, 0.717) is 6.42 Å². The van der Waals surface area contributed by atoms with Gasteiger partial charge in [-0.1, -0.05) is 42.5 Å². The third-order valence-electron chi connectivity index (χ3n) is 4.36. The van der Waals surface area contributed by atoms with Gasteiger partial charge in [-0.05, 0) is 38.1 Å². The lowest BCUT2D eigenvalue weighted by atomic mass is 9.90. The fourth-order valence-corrected chi connectivity index (χ4v) is 3.15. The molecule has 0 aromatic heterocycles. The summed E-state index contributed by atoms with van der Waals surface area (Å²) in [6.45, 7) is 0.882. The molecule has 0 heterocycles. The van der Waals surface area contributed by atoms with E-state index in [2.05, 4.69) is 17.4 Å². The number of carbonyl (C=O) groups is 1. The van der Waals surface area contributed by atoms with Gasteiger partial charge in [-0.25, -0.2) is 0 Å². The number of ether oxygens (including phenoxy) is 1. The molecule has 0 bridgehead atoms. The number of benzene rings is 2. The van der Waals surface area contributed by atoms with Crippen molar-refractivity contribution in [1.82, 2.24) is 5.32 Å². The van der Waals surface area contributed by atoms with Crippen molar-refractivity contribution in [3.63, 3.8) is 0 Å². The molecule has 1 N–H and O–H groups in total. The number of nitrogens with one attached hydrogen (secondary N) is 1. The number of fused-ring (bicyclic) bond motifs is 1. The van der Waals surface area contributed by atoms with Gasteiger partial charge in [0.25, 0.3) is 0 Å². The minimum atomic E-state index is -0.00724. The first-order valence-corrected chi connectivity index (χ1v) is 8.31. The van der Waals surface area contributed by atoms with Gasteiger partial charge >= 0.3 is 0 Å². The predicted octanol–water partition coefficient (Wildman–Crippen LogP) is 3.94. The number of hydrogen-bond donors (Lipinski definition) is 1. The van der Waals surface area contributed by atoms with E-state index in [9.17, 15) is 4.79 Å². The SMILES string of the molecule is CNCCC(Oc1cccc2c1CCCC2=O)c1ccccc1. The molecule has 0 aliphatic heterocycles. The normalized spacial score (nSPS) is 15.1. The van der Waals surface area contributed by atoms with Crippen LogP contribution in [0.4, 0.5) is 0 Å². The molecule has 0 spiro atoms. The van der Waals surface area contributed by atoms with Crippen LogP contribution in [0.15, 0.2) is 48.5 Å². The van der Waals surface area contributed by atoms with Gasteiger partial charge in [0, 0.05) is 24.0 Å². The number of hydrogen-bond acceptors (Lipinski definition) is 3. The Hall–Kier alpha value is -2.13.